The molecule has 1 aromatic heterocycles. The van der Waals surface area contributed by atoms with E-state index in [9.17, 15) is 0 Å². The van der Waals surface area contributed by atoms with Crippen LogP contribution in [0.2, 0.25) is 0 Å². The molecular weight excluding hydrogens is 254 g/mol. The number of hydrazone groups is 1. The number of hydrogen-bond acceptors (Lipinski definition) is 6. The first-order valence-electron chi connectivity index (χ1n) is 3.52. The van der Waals surface area contributed by atoms with Crippen LogP contribution >= 0.6 is 28.3 Å². The van der Waals surface area contributed by atoms with Gasteiger partial charge in [-0.1, -0.05) is 0 Å². The zero-order valence-corrected chi connectivity index (χ0v) is 9.79. The van der Waals surface area contributed by atoms with Gasteiger partial charge < -0.3 is 0 Å². The Kier molecular flexibility index (Phi) is 3.23. The lowest BCUT2D eigenvalue weighted by Gasteiger charge is -2.13. The van der Waals surface area contributed by atoms with Crippen molar-refractivity contribution in [2.75, 3.05) is 12.2 Å². The normalized spacial score (nSPS) is 15.7. The summed E-state index contributed by atoms with van der Waals surface area (Å²) in [5.41, 5.74) is 3.02. The molecule has 5 nitrogen and oxygen atoms in total. The van der Waals surface area contributed by atoms with E-state index in [1.54, 1.807) is 22.7 Å². The fourth-order valence-electron chi connectivity index (χ4n) is 0.855. The maximum Gasteiger partial charge on any atom is 0.223 e. The zero-order valence-electron chi connectivity index (χ0n) is 7.26. The average Bonchev–Trinajstić information content (AvgIpc) is 2.61. The quantitative estimate of drug-likeness (QED) is 0.828. The van der Waals surface area contributed by atoms with Crippen molar-refractivity contribution in [2.45, 2.75) is 6.92 Å². The van der Waals surface area contributed by atoms with E-state index < -0.39 is 0 Å². The Hall–Kier alpha value is -0.660. The van der Waals surface area contributed by atoms with Gasteiger partial charge >= 0.3 is 0 Å². The summed E-state index contributed by atoms with van der Waals surface area (Å²) in [5, 5.41) is 10.5. The Bertz CT molecular complexity index is 298. The van der Waals surface area contributed by atoms with Crippen molar-refractivity contribution < 1.29 is 0 Å². The highest BCUT2D eigenvalue weighted by molar-refractivity contribution is 8.93. The molecule has 1 N–H and O–H groups in total. The highest BCUT2D eigenvalue weighted by Crippen LogP contribution is 2.17. The molecule has 7 heteroatoms. The third-order valence-corrected chi connectivity index (χ3v) is 2.32. The van der Waals surface area contributed by atoms with Crippen molar-refractivity contribution in [1.29, 1.82) is 0 Å². The summed E-state index contributed by atoms with van der Waals surface area (Å²) in [7, 11) is 1.91. The van der Waals surface area contributed by atoms with Gasteiger partial charge in [0, 0.05) is 18.6 Å². The van der Waals surface area contributed by atoms with E-state index in [0.29, 0.717) is 0 Å². The summed E-state index contributed by atoms with van der Waals surface area (Å²) in [6.07, 6.45) is 1.75. The van der Waals surface area contributed by atoms with Gasteiger partial charge in [-0.05, 0) is 6.92 Å². The molecule has 0 unspecified atom stereocenters. The number of thiazole rings is 1. The number of nitrogens with zero attached hydrogens (tertiary/aromatic N) is 4. The summed E-state index contributed by atoms with van der Waals surface area (Å²) in [6, 6.07) is 0. The summed E-state index contributed by atoms with van der Waals surface area (Å²) in [5.74, 6) is 0.921. The fraction of sp³-hybridized carbons (Fsp3) is 0.333. The van der Waals surface area contributed by atoms with Crippen molar-refractivity contribution >= 4 is 39.3 Å². The highest BCUT2D eigenvalue weighted by atomic mass is 79.9. The molecule has 0 radical (unpaired) electrons. The molecule has 0 amide bonds. The maximum atomic E-state index is 4.22. The summed E-state index contributed by atoms with van der Waals surface area (Å²) in [4.78, 5) is 4.12. The van der Waals surface area contributed by atoms with Crippen LogP contribution < -0.4 is 10.7 Å². The van der Waals surface area contributed by atoms with Crippen molar-refractivity contribution in [3.05, 3.63) is 11.6 Å². The smallest absolute Gasteiger partial charge is 0.223 e. The van der Waals surface area contributed by atoms with Crippen LogP contribution in [0, 0.1) is 0 Å². The van der Waals surface area contributed by atoms with Crippen molar-refractivity contribution in [3.63, 3.8) is 0 Å². The van der Waals surface area contributed by atoms with Crippen LogP contribution in [-0.2, 0) is 0 Å². The zero-order chi connectivity index (χ0) is 8.55. The minimum atomic E-state index is 0. The minimum absolute atomic E-state index is 0. The Balaban J connectivity index is 0.000000845. The first kappa shape index (κ1) is 10.4. The van der Waals surface area contributed by atoms with Gasteiger partial charge in [0.2, 0.25) is 5.13 Å². The first-order chi connectivity index (χ1) is 5.77. The second-order valence-electron chi connectivity index (χ2n) is 2.43. The van der Waals surface area contributed by atoms with E-state index in [-0.39, 0.29) is 17.0 Å². The first-order valence-corrected chi connectivity index (χ1v) is 4.40. The molecular formula is C6H10BrN5S. The molecule has 1 aliphatic heterocycles. The predicted molar refractivity (Wildman–Crippen MR) is 58.9 cm³/mol. The second-order valence-corrected chi connectivity index (χ2v) is 3.31. The molecule has 0 bridgehead atoms. The number of hydrazine groups is 2. The molecule has 0 spiro atoms. The number of rotatable bonds is 1. The van der Waals surface area contributed by atoms with Gasteiger partial charge in [-0.2, -0.15) is 0 Å². The van der Waals surface area contributed by atoms with E-state index >= 15 is 0 Å². The van der Waals surface area contributed by atoms with E-state index in [1.807, 2.05) is 24.4 Å². The molecule has 2 heterocycles. The Morgan fingerprint density at radius 3 is 2.77 bits per heavy atom. The topological polar surface area (TPSA) is 43.8 Å². The Morgan fingerprint density at radius 1 is 1.54 bits per heavy atom. The lowest BCUT2D eigenvalue weighted by molar-refractivity contribution is 0.387. The highest BCUT2D eigenvalue weighted by Gasteiger charge is 2.17. The molecule has 0 saturated carbocycles. The summed E-state index contributed by atoms with van der Waals surface area (Å²) < 4.78 is 0. The van der Waals surface area contributed by atoms with Crippen LogP contribution in [0.3, 0.4) is 0 Å². The van der Waals surface area contributed by atoms with Gasteiger partial charge in [0.05, 0.1) is 0 Å². The molecule has 13 heavy (non-hydrogen) atoms. The van der Waals surface area contributed by atoms with Crippen LogP contribution in [0.25, 0.3) is 0 Å². The van der Waals surface area contributed by atoms with Crippen LogP contribution in [0.4, 0.5) is 5.13 Å². The Morgan fingerprint density at radius 2 is 2.31 bits per heavy atom. The number of hydrogen-bond donors (Lipinski definition) is 1. The molecule has 2 rings (SSSR count). The number of aromatic nitrogens is 1. The van der Waals surface area contributed by atoms with E-state index in [0.717, 1.165) is 11.0 Å². The number of amidine groups is 1. The van der Waals surface area contributed by atoms with Crippen molar-refractivity contribution in [3.8, 4) is 0 Å². The number of nitrogens with one attached hydrogen (secondary N) is 1. The van der Waals surface area contributed by atoms with E-state index in [2.05, 4.69) is 15.6 Å². The summed E-state index contributed by atoms with van der Waals surface area (Å²) >= 11 is 1.54. The minimum Gasteiger partial charge on any atom is -0.278 e. The largest absolute Gasteiger partial charge is 0.278 e. The number of anilines is 1. The molecule has 1 aliphatic rings. The SMILES string of the molecule is Br.CC1=NN(c2nccs2)NN1C. The Labute approximate surface area is 90.8 Å². The molecule has 0 fully saturated rings. The fourth-order valence-corrected chi connectivity index (χ4v) is 1.40. The monoisotopic (exact) mass is 263 g/mol. The molecule has 0 saturated heterocycles. The van der Waals surface area contributed by atoms with Gasteiger partial charge in [0.1, 0.15) is 5.84 Å². The second kappa shape index (κ2) is 4.03. The maximum absolute atomic E-state index is 4.22. The van der Waals surface area contributed by atoms with Crippen LogP contribution in [0.15, 0.2) is 16.7 Å². The van der Waals surface area contributed by atoms with Crippen LogP contribution in [0.5, 0.6) is 0 Å². The predicted octanol–water partition coefficient (Wildman–Crippen LogP) is 1.23. The lowest BCUT2D eigenvalue weighted by Crippen LogP contribution is -2.39. The van der Waals surface area contributed by atoms with Crippen LogP contribution in [-0.4, -0.2) is 22.9 Å². The molecule has 0 aromatic carbocycles. The van der Waals surface area contributed by atoms with Crippen LogP contribution in [0.1, 0.15) is 6.92 Å². The number of halogens is 1. The van der Waals surface area contributed by atoms with Crippen molar-refractivity contribution in [1.82, 2.24) is 15.5 Å². The lowest BCUT2D eigenvalue weighted by atomic mass is 10.7. The van der Waals surface area contributed by atoms with Gasteiger partial charge in [-0.15, -0.1) is 44.1 Å². The van der Waals surface area contributed by atoms with E-state index in [1.165, 1.54) is 0 Å². The van der Waals surface area contributed by atoms with E-state index in [4.69, 9.17) is 0 Å². The van der Waals surface area contributed by atoms with Gasteiger partial charge in [-0.3, -0.25) is 5.01 Å². The summed E-state index contributed by atoms with van der Waals surface area (Å²) in [6.45, 7) is 1.93. The third-order valence-electron chi connectivity index (χ3n) is 1.58. The third kappa shape index (κ3) is 1.98. The van der Waals surface area contributed by atoms with Crippen molar-refractivity contribution in [2.24, 2.45) is 5.10 Å². The van der Waals surface area contributed by atoms with Gasteiger partial charge in [-0.25, -0.2) is 4.98 Å². The molecule has 0 aliphatic carbocycles. The molecule has 72 valence electrons. The standard InChI is InChI=1S/C6H9N5S.BrH/c1-5-8-11(9-10(5)2)6-7-3-4-12-6;/h3-4,9H,1-2H3;1H. The average molecular weight is 264 g/mol. The van der Waals surface area contributed by atoms with Gasteiger partial charge in [0.15, 0.2) is 0 Å². The molecule has 1 aromatic rings. The molecule has 0 atom stereocenters. The van der Waals surface area contributed by atoms with Gasteiger partial charge in [0.25, 0.3) is 0 Å².